The molecule has 2 bridgehead atoms. The highest BCUT2D eigenvalue weighted by Crippen LogP contribution is 2.60. The molecule has 12 heteroatoms. The van der Waals surface area contributed by atoms with Crippen LogP contribution in [-0.2, 0) is 33.4 Å². The molecule has 3 amide bonds. The van der Waals surface area contributed by atoms with E-state index in [2.05, 4.69) is 34.4 Å². The van der Waals surface area contributed by atoms with Crippen LogP contribution in [0.3, 0.4) is 0 Å². The second kappa shape index (κ2) is 16.1. The Labute approximate surface area is 311 Å². The molecule has 0 radical (unpaired) electrons. The lowest BCUT2D eigenvalue weighted by atomic mass is 9.70. The maximum Gasteiger partial charge on any atom is 0.313 e. The minimum Gasteiger partial charge on any atom is -0.455 e. The first-order valence-electron chi connectivity index (χ1n) is 17.5. The fourth-order valence-electron chi connectivity index (χ4n) is 8.10. The van der Waals surface area contributed by atoms with Crippen LogP contribution in [0, 0.1) is 11.8 Å². The SMILES string of the molecule is C=CCCC(=O)N[C@H](COC)[C@H](OC(=O)[C@@H]1[C@H]2O[C@@]3(CC2Br)[C@H](C(=O)N(CC=C)c2ccc4ccccc4c2)N(CCO)C(=O)[C@@H]13)c1ccccc1. The van der Waals surface area contributed by atoms with Gasteiger partial charge in [0.2, 0.25) is 11.8 Å². The first kappa shape index (κ1) is 37.4. The van der Waals surface area contributed by atoms with Gasteiger partial charge in [-0.2, -0.15) is 0 Å². The van der Waals surface area contributed by atoms with Crippen LogP contribution >= 0.6 is 15.9 Å². The van der Waals surface area contributed by atoms with E-state index in [4.69, 9.17) is 14.2 Å². The highest BCUT2D eigenvalue weighted by atomic mass is 79.9. The number of esters is 1. The number of nitrogens with one attached hydrogen (secondary N) is 1. The molecule has 6 rings (SSSR count). The third-order valence-electron chi connectivity index (χ3n) is 10.3. The number of rotatable bonds is 16. The maximum absolute atomic E-state index is 14.8. The summed E-state index contributed by atoms with van der Waals surface area (Å²) in [5.41, 5.74) is -0.141. The van der Waals surface area contributed by atoms with Gasteiger partial charge < -0.3 is 34.4 Å². The fraction of sp³-hybridized carbons (Fsp3) is 0.400. The Balaban J connectivity index is 1.35. The minimum absolute atomic E-state index is 0.0411. The number of hydrogen-bond acceptors (Lipinski definition) is 8. The van der Waals surface area contributed by atoms with Crippen molar-refractivity contribution in [2.24, 2.45) is 11.8 Å². The van der Waals surface area contributed by atoms with Gasteiger partial charge in [0, 0.05) is 37.1 Å². The zero-order valence-electron chi connectivity index (χ0n) is 29.1. The lowest BCUT2D eigenvalue weighted by Gasteiger charge is -2.37. The van der Waals surface area contributed by atoms with E-state index in [1.807, 2.05) is 48.5 Å². The van der Waals surface area contributed by atoms with E-state index in [0.29, 0.717) is 17.7 Å². The number of fused-ring (bicyclic) bond motifs is 2. The molecule has 3 aromatic rings. The number of alkyl halides is 1. The van der Waals surface area contributed by atoms with Gasteiger partial charge in [-0.3, -0.25) is 19.2 Å². The van der Waals surface area contributed by atoms with Crippen molar-refractivity contribution in [3.63, 3.8) is 0 Å². The second-order valence-electron chi connectivity index (χ2n) is 13.4. The lowest BCUT2D eigenvalue weighted by Crippen LogP contribution is -2.57. The number of β-amino-alcohol motifs (C(OH)–C–C–N with tert-alkyl or cyclic N) is 1. The number of halogens is 1. The van der Waals surface area contributed by atoms with E-state index in [1.165, 1.54) is 12.0 Å². The van der Waals surface area contributed by atoms with Crippen LogP contribution in [0.15, 0.2) is 98.1 Å². The van der Waals surface area contributed by atoms with Crippen LogP contribution in [0.2, 0.25) is 0 Å². The van der Waals surface area contributed by atoms with Crippen molar-refractivity contribution >= 4 is 56.1 Å². The van der Waals surface area contributed by atoms with E-state index in [-0.39, 0.29) is 43.3 Å². The second-order valence-corrected chi connectivity index (χ2v) is 14.6. The molecule has 1 spiro atoms. The number of allylic oxidation sites excluding steroid dienone is 1. The summed E-state index contributed by atoms with van der Waals surface area (Å²) in [4.78, 5) is 59.2. The van der Waals surface area contributed by atoms with Crippen LogP contribution in [0.5, 0.6) is 0 Å². The molecular weight excluding hydrogens is 730 g/mol. The van der Waals surface area contributed by atoms with Crippen molar-refractivity contribution in [3.05, 3.63) is 104 Å². The van der Waals surface area contributed by atoms with Crippen molar-refractivity contribution in [1.82, 2.24) is 10.2 Å². The van der Waals surface area contributed by atoms with Crippen LogP contribution < -0.4 is 10.2 Å². The molecule has 0 saturated carbocycles. The number of hydrogen-bond donors (Lipinski definition) is 2. The maximum atomic E-state index is 14.8. The molecule has 0 aromatic heterocycles. The van der Waals surface area contributed by atoms with E-state index in [0.717, 1.165) is 10.8 Å². The van der Waals surface area contributed by atoms with E-state index in [1.54, 1.807) is 41.3 Å². The van der Waals surface area contributed by atoms with Gasteiger partial charge in [0.25, 0.3) is 5.91 Å². The molecule has 11 nitrogen and oxygen atoms in total. The molecule has 3 heterocycles. The largest absolute Gasteiger partial charge is 0.455 e. The van der Waals surface area contributed by atoms with Crippen LogP contribution in [0.25, 0.3) is 10.8 Å². The lowest BCUT2D eigenvalue weighted by molar-refractivity contribution is -0.163. The van der Waals surface area contributed by atoms with E-state index in [9.17, 15) is 24.3 Å². The summed E-state index contributed by atoms with van der Waals surface area (Å²) in [7, 11) is 1.49. The van der Waals surface area contributed by atoms with Crippen molar-refractivity contribution in [2.75, 3.05) is 38.3 Å². The van der Waals surface area contributed by atoms with Gasteiger partial charge >= 0.3 is 5.97 Å². The minimum atomic E-state index is -1.38. The topological polar surface area (TPSA) is 135 Å². The number of nitrogens with zero attached hydrogens (tertiary/aromatic N) is 2. The molecule has 3 aliphatic rings. The molecule has 2 N–H and O–H groups in total. The highest BCUT2D eigenvalue weighted by Gasteiger charge is 2.77. The van der Waals surface area contributed by atoms with E-state index >= 15 is 0 Å². The molecular formula is C40H44BrN3O8. The molecule has 8 atom stereocenters. The molecule has 3 aliphatic heterocycles. The Hall–Kier alpha value is -4.36. The first-order valence-corrected chi connectivity index (χ1v) is 18.4. The van der Waals surface area contributed by atoms with Crippen molar-refractivity contribution in [2.45, 2.75) is 54.0 Å². The average molecular weight is 775 g/mol. The zero-order valence-corrected chi connectivity index (χ0v) is 30.7. The van der Waals surface area contributed by atoms with Gasteiger partial charge in [-0.1, -0.05) is 88.7 Å². The summed E-state index contributed by atoms with van der Waals surface area (Å²) in [6.45, 7) is 7.24. The van der Waals surface area contributed by atoms with Gasteiger partial charge in [0.15, 0.2) is 0 Å². The average Bonchev–Trinajstić information content (AvgIpc) is 3.74. The molecule has 3 saturated heterocycles. The number of amides is 3. The highest BCUT2D eigenvalue weighted by molar-refractivity contribution is 9.09. The van der Waals surface area contributed by atoms with Gasteiger partial charge in [-0.05, 0) is 41.3 Å². The van der Waals surface area contributed by atoms with Crippen molar-refractivity contribution in [3.8, 4) is 0 Å². The summed E-state index contributed by atoms with van der Waals surface area (Å²) >= 11 is 3.71. The molecule has 274 valence electrons. The number of ether oxygens (including phenoxy) is 3. The van der Waals surface area contributed by atoms with Gasteiger partial charge in [-0.15, -0.1) is 13.2 Å². The monoisotopic (exact) mass is 773 g/mol. The third-order valence-corrected chi connectivity index (χ3v) is 11.1. The first-order chi connectivity index (χ1) is 25.2. The summed E-state index contributed by atoms with van der Waals surface area (Å²) in [6, 6.07) is 20.6. The number of methoxy groups -OCH3 is 1. The predicted octanol–water partition coefficient (Wildman–Crippen LogP) is 4.48. The Morgan fingerprint density at radius 1 is 1.10 bits per heavy atom. The normalized spacial score (nSPS) is 25.7. The standard InChI is InChI=1S/C40H44BrN3O8/c1-4-6-16-31(46)42-30(24-50-3)34(26-13-8-7-9-14-26)51-39(49)32-33-37(47)44(20-21-45)36(40(33)23-29(41)35(32)52-40)38(48)43(19-5-2)28-18-17-25-12-10-11-15-27(25)22-28/h4-5,7-15,17-18,22,29-30,32-36,45H,1-2,6,16,19-21,23-24H2,3H3,(H,42,46)/t29?,30-,32+,33-,34-,35+,36+,40-/m1/s1. The Bertz CT molecular complexity index is 1820. The van der Waals surface area contributed by atoms with Crippen LogP contribution in [0.1, 0.15) is 30.9 Å². The number of aliphatic hydroxyl groups is 1. The van der Waals surface area contributed by atoms with Crippen LogP contribution in [-0.4, -0.2) is 95.7 Å². The van der Waals surface area contributed by atoms with Crippen molar-refractivity contribution < 1.29 is 38.5 Å². The Kier molecular flexibility index (Phi) is 11.6. The summed E-state index contributed by atoms with van der Waals surface area (Å²) in [5.74, 6) is -3.96. The number of carbonyl (C=O) groups excluding carboxylic acids is 4. The summed E-state index contributed by atoms with van der Waals surface area (Å²) in [6.07, 6.45) is 2.47. The zero-order chi connectivity index (χ0) is 37.0. The smallest absolute Gasteiger partial charge is 0.313 e. The molecule has 0 aliphatic carbocycles. The van der Waals surface area contributed by atoms with Gasteiger partial charge in [-0.25, -0.2) is 0 Å². The quantitative estimate of drug-likeness (QED) is 0.124. The van der Waals surface area contributed by atoms with Crippen LogP contribution in [0.4, 0.5) is 5.69 Å². The molecule has 3 fully saturated rings. The predicted molar refractivity (Wildman–Crippen MR) is 200 cm³/mol. The molecule has 52 heavy (non-hydrogen) atoms. The number of aliphatic hydroxyl groups excluding tert-OH is 1. The third kappa shape index (κ3) is 6.92. The number of carbonyl (C=O) groups is 4. The summed E-state index contributed by atoms with van der Waals surface area (Å²) < 4.78 is 18.4. The molecule has 3 aromatic carbocycles. The van der Waals surface area contributed by atoms with E-state index < -0.39 is 66.1 Å². The number of anilines is 1. The Morgan fingerprint density at radius 3 is 2.52 bits per heavy atom. The summed E-state index contributed by atoms with van der Waals surface area (Å²) in [5, 5.41) is 15.0. The molecule has 1 unspecified atom stereocenters. The van der Waals surface area contributed by atoms with Gasteiger partial charge in [0.05, 0.1) is 37.2 Å². The number of benzene rings is 3. The fourth-order valence-corrected chi connectivity index (χ4v) is 9.04. The van der Waals surface area contributed by atoms with Gasteiger partial charge in [0.1, 0.15) is 17.7 Å². The van der Waals surface area contributed by atoms with Crippen molar-refractivity contribution in [1.29, 1.82) is 0 Å². The Morgan fingerprint density at radius 2 is 1.83 bits per heavy atom. The number of likely N-dealkylation sites (tertiary alicyclic amines) is 1.